The van der Waals surface area contributed by atoms with Gasteiger partial charge in [-0.25, -0.2) is 0 Å². The molecule has 3 aromatic rings. The Morgan fingerprint density at radius 3 is 1.88 bits per heavy atom. The van der Waals surface area contributed by atoms with Gasteiger partial charge in [0, 0.05) is 40.8 Å². The van der Waals surface area contributed by atoms with Gasteiger partial charge in [0.05, 0.1) is 18.9 Å². The number of unbranched alkanes of at least 4 members (excludes halogenated alkanes) is 5. The van der Waals surface area contributed by atoms with E-state index in [1.807, 2.05) is 30.3 Å². The van der Waals surface area contributed by atoms with E-state index in [4.69, 9.17) is 15.0 Å². The van der Waals surface area contributed by atoms with Crippen LogP contribution in [0.4, 0.5) is 5.69 Å². The highest BCUT2D eigenvalue weighted by atomic mass is 32.2. The number of anilines is 1. The molecule has 0 spiro atoms. The van der Waals surface area contributed by atoms with Crippen molar-refractivity contribution in [1.29, 1.82) is 0 Å². The highest BCUT2D eigenvalue weighted by Crippen LogP contribution is 2.37. The molecule has 2 atom stereocenters. The van der Waals surface area contributed by atoms with Crippen molar-refractivity contribution in [3.05, 3.63) is 59.8 Å². The van der Waals surface area contributed by atoms with Crippen molar-refractivity contribution in [1.82, 2.24) is 14.8 Å². The lowest BCUT2D eigenvalue weighted by Crippen LogP contribution is -2.36. The van der Waals surface area contributed by atoms with Crippen LogP contribution < -0.4 is 10.5 Å². The summed E-state index contributed by atoms with van der Waals surface area (Å²) in [5, 5.41) is 1.14. The average molecular weight is 743 g/mol. The molecule has 4 N–H and O–H groups in total. The van der Waals surface area contributed by atoms with E-state index in [1.54, 1.807) is 0 Å². The fourth-order valence-electron chi connectivity index (χ4n) is 6.70. The number of hydrogen-bond acceptors (Lipinski definition) is 7. The molecule has 0 bridgehead atoms. The van der Waals surface area contributed by atoms with Gasteiger partial charge in [0.25, 0.3) is 10.1 Å². The molecule has 0 saturated heterocycles. The number of H-pyrrole nitrogens is 1. The Morgan fingerprint density at radius 1 is 0.788 bits per heavy atom. The second-order valence-corrected chi connectivity index (χ2v) is 15.8. The van der Waals surface area contributed by atoms with Crippen LogP contribution in [-0.2, 0) is 10.1 Å². The number of rotatable bonds is 26. The average Bonchev–Trinajstić information content (AvgIpc) is 3.52. The molecule has 1 aromatic heterocycles. The predicted molar refractivity (Wildman–Crippen MR) is 219 cm³/mol. The maximum Gasteiger partial charge on any atom is 0.261 e. The Kier molecular flexibility index (Phi) is 21.9. The van der Waals surface area contributed by atoms with Gasteiger partial charge in [-0.15, -0.1) is 0 Å². The van der Waals surface area contributed by atoms with E-state index in [0.29, 0.717) is 19.3 Å². The number of carbonyl (C=O) groups excluding carboxylic acids is 1. The summed E-state index contributed by atoms with van der Waals surface area (Å²) >= 11 is 0. The molecular formula is C42H70N4O5S. The highest BCUT2D eigenvalue weighted by molar-refractivity contribution is 7.85. The molecule has 0 fully saturated rings. The molecule has 10 heteroatoms. The number of fused-ring (bicyclic) bond motifs is 1. The van der Waals surface area contributed by atoms with Crippen LogP contribution in [0.25, 0.3) is 10.9 Å². The number of nitrogens with zero attached hydrogens (tertiary/aromatic N) is 2. The van der Waals surface area contributed by atoms with Crippen LogP contribution in [0, 0.1) is 5.92 Å². The molecule has 0 aliphatic heterocycles. The number of ether oxygens (including phenoxy) is 1. The maximum atomic E-state index is 13.9. The molecule has 0 aliphatic carbocycles. The van der Waals surface area contributed by atoms with Crippen LogP contribution in [0.1, 0.15) is 140 Å². The van der Waals surface area contributed by atoms with Gasteiger partial charge >= 0.3 is 0 Å². The molecule has 2 unspecified atom stereocenters. The van der Waals surface area contributed by atoms with Crippen molar-refractivity contribution in [2.24, 2.45) is 5.92 Å². The van der Waals surface area contributed by atoms with Gasteiger partial charge in [-0.3, -0.25) is 14.2 Å². The van der Waals surface area contributed by atoms with Gasteiger partial charge < -0.3 is 20.4 Å². The number of nitrogens with one attached hydrogen (secondary N) is 1. The molecule has 2 aromatic carbocycles. The highest BCUT2D eigenvalue weighted by Gasteiger charge is 2.31. The Balaban J connectivity index is 0.00000175. The molecule has 1 heterocycles. The summed E-state index contributed by atoms with van der Waals surface area (Å²) in [6.45, 7) is 17.5. The summed E-state index contributed by atoms with van der Waals surface area (Å²) in [6.07, 6.45) is 15.1. The number of aromatic amines is 1. The van der Waals surface area contributed by atoms with Crippen LogP contribution in [0.15, 0.2) is 48.5 Å². The maximum absolute atomic E-state index is 13.9. The Hall–Kier alpha value is -2.92. The number of nitrogens with two attached hydrogens (primary N) is 1. The van der Waals surface area contributed by atoms with Gasteiger partial charge in [-0.1, -0.05) is 73.1 Å². The number of benzene rings is 2. The van der Waals surface area contributed by atoms with Crippen molar-refractivity contribution < 1.29 is 22.5 Å². The van der Waals surface area contributed by atoms with Crippen LogP contribution >= 0.6 is 0 Å². The molecule has 0 radical (unpaired) electrons. The van der Waals surface area contributed by atoms with E-state index in [-0.39, 0.29) is 17.7 Å². The number of hydrogen-bond donors (Lipinski definition) is 3. The standard InChI is InChI=1S/C41H66N4O2.CH4O3S/c1-6-11-17-34(41(45(27-14-9-4)28-15-10-5)39-31-35-30-36(42)20-23-38(35)43-39)32-40(46)33-18-21-37(22-19-33)47-29-16-26-44(24-12-7-2)25-13-8-3;1-5(2,3)4/h18-23,30-31,34,41,43H,6-17,24-29,32,42H2,1-5H3;1H3,(H,2,3,4). The SMILES string of the molecule is CCCCC(CC(=O)c1ccc(OCCCN(CCCC)CCCC)cc1)C(c1cc2cc(N)ccc2[nH]1)N(CCCC)CCCC.CS(=O)(=O)O. The topological polar surface area (TPSA) is 129 Å². The lowest BCUT2D eigenvalue weighted by atomic mass is 9.84. The molecular weight excluding hydrogens is 673 g/mol. The fraction of sp³-hybridized carbons (Fsp3) is 0.643. The zero-order valence-corrected chi connectivity index (χ0v) is 34.0. The van der Waals surface area contributed by atoms with Crippen LogP contribution in [0.3, 0.4) is 0 Å². The zero-order chi connectivity index (χ0) is 38.4. The van der Waals surface area contributed by atoms with Crippen molar-refractivity contribution in [3.8, 4) is 5.75 Å². The van der Waals surface area contributed by atoms with Crippen LogP contribution in [0.2, 0.25) is 0 Å². The van der Waals surface area contributed by atoms with E-state index in [2.05, 4.69) is 67.6 Å². The third-order valence-corrected chi connectivity index (χ3v) is 9.52. The van der Waals surface area contributed by atoms with Crippen molar-refractivity contribution in [2.45, 2.75) is 124 Å². The number of aromatic nitrogens is 1. The summed E-state index contributed by atoms with van der Waals surface area (Å²) in [5.41, 5.74) is 10.0. The summed E-state index contributed by atoms with van der Waals surface area (Å²) in [4.78, 5) is 23.0. The first-order chi connectivity index (χ1) is 24.9. The number of carbonyl (C=O) groups is 1. The van der Waals surface area contributed by atoms with Crippen molar-refractivity contribution in [2.75, 3.05) is 51.3 Å². The minimum atomic E-state index is -3.67. The molecule has 0 saturated carbocycles. The predicted octanol–water partition coefficient (Wildman–Crippen LogP) is 9.95. The normalized spacial score (nSPS) is 12.9. The summed E-state index contributed by atoms with van der Waals surface area (Å²) in [5.74, 6) is 1.27. The minimum Gasteiger partial charge on any atom is -0.494 e. The number of ketones is 1. The van der Waals surface area contributed by atoms with Crippen LogP contribution in [0.5, 0.6) is 5.75 Å². The second kappa shape index (κ2) is 25.2. The van der Waals surface area contributed by atoms with Gasteiger partial charge in [-0.05, 0) is 119 Å². The van der Waals surface area contributed by atoms with Crippen molar-refractivity contribution in [3.63, 3.8) is 0 Å². The number of nitrogen functional groups attached to an aromatic ring is 1. The first kappa shape index (κ1) is 45.2. The number of Topliss-reactive ketones (excluding diaryl/α,β-unsaturated/α-hetero) is 1. The quantitative estimate of drug-likeness (QED) is 0.0321. The third-order valence-electron chi connectivity index (χ3n) is 9.52. The zero-order valence-electron chi connectivity index (χ0n) is 33.2. The third kappa shape index (κ3) is 17.7. The Morgan fingerprint density at radius 2 is 1.33 bits per heavy atom. The molecule has 9 nitrogen and oxygen atoms in total. The molecule has 0 aliphatic rings. The summed E-state index contributed by atoms with van der Waals surface area (Å²) in [6, 6.07) is 16.4. The van der Waals surface area contributed by atoms with Crippen molar-refractivity contribution >= 4 is 32.5 Å². The smallest absolute Gasteiger partial charge is 0.261 e. The van der Waals surface area contributed by atoms with Crippen LogP contribution in [-0.4, -0.2) is 79.1 Å². The largest absolute Gasteiger partial charge is 0.494 e. The van der Waals surface area contributed by atoms with Gasteiger partial charge in [0.2, 0.25) is 0 Å². The van der Waals surface area contributed by atoms with E-state index in [1.165, 1.54) is 44.5 Å². The fourth-order valence-corrected chi connectivity index (χ4v) is 6.70. The van der Waals surface area contributed by atoms with E-state index in [0.717, 1.165) is 98.9 Å². The Bertz CT molecular complexity index is 1480. The van der Waals surface area contributed by atoms with E-state index in [9.17, 15) is 13.2 Å². The van der Waals surface area contributed by atoms with Gasteiger partial charge in [0.15, 0.2) is 5.78 Å². The molecule has 294 valence electrons. The van der Waals surface area contributed by atoms with E-state index >= 15 is 0 Å². The summed E-state index contributed by atoms with van der Waals surface area (Å²) in [7, 11) is -3.67. The lowest BCUT2D eigenvalue weighted by Gasteiger charge is -2.37. The lowest BCUT2D eigenvalue weighted by molar-refractivity contribution is 0.0855. The second-order valence-electron chi connectivity index (χ2n) is 14.3. The van der Waals surface area contributed by atoms with Gasteiger partial charge in [-0.2, -0.15) is 8.42 Å². The summed E-state index contributed by atoms with van der Waals surface area (Å²) < 4.78 is 32.0. The van der Waals surface area contributed by atoms with E-state index < -0.39 is 10.1 Å². The first-order valence-electron chi connectivity index (χ1n) is 20.0. The molecule has 0 amide bonds. The molecule has 3 rings (SSSR count). The Labute approximate surface area is 315 Å². The van der Waals surface area contributed by atoms with Gasteiger partial charge in [0.1, 0.15) is 5.75 Å². The minimum absolute atomic E-state index is 0.147. The first-order valence-corrected chi connectivity index (χ1v) is 21.8. The molecule has 52 heavy (non-hydrogen) atoms. The monoisotopic (exact) mass is 743 g/mol.